The van der Waals surface area contributed by atoms with Gasteiger partial charge in [-0.3, -0.25) is 0 Å². The molecule has 0 aromatic heterocycles. The summed E-state index contributed by atoms with van der Waals surface area (Å²) in [4.78, 5) is 0. The number of hydrogen-bond donors (Lipinski definition) is 0. The lowest BCUT2D eigenvalue weighted by Gasteiger charge is -2.30. The molecule has 0 atom stereocenters. The molecule has 0 heterocycles. The first-order valence-electron chi connectivity index (χ1n) is 4.76. The van der Waals surface area contributed by atoms with E-state index < -0.39 is 0 Å². The summed E-state index contributed by atoms with van der Waals surface area (Å²) in [6.45, 7) is 8.57. The summed E-state index contributed by atoms with van der Waals surface area (Å²) >= 11 is 0. The van der Waals surface area contributed by atoms with E-state index in [1.54, 1.807) is 0 Å². The minimum Gasteiger partial charge on any atom is -0.488 e. The van der Waals surface area contributed by atoms with E-state index in [9.17, 15) is 0 Å². The third kappa shape index (κ3) is 2.76. The summed E-state index contributed by atoms with van der Waals surface area (Å²) < 4.78 is 5.86. The van der Waals surface area contributed by atoms with Crippen molar-refractivity contribution in [3.8, 4) is 5.75 Å². The van der Waals surface area contributed by atoms with Crippen molar-refractivity contribution in [3.63, 3.8) is 0 Å². The maximum Gasteiger partial charge on any atom is 0.120 e. The molecule has 0 aliphatic heterocycles. The van der Waals surface area contributed by atoms with E-state index in [0.717, 1.165) is 5.75 Å². The molecule has 0 saturated carbocycles. The monoisotopic (exact) mass is 178 g/mol. The standard InChI is InChI=1S/C12H18O/c1-10(2)12(3,4)13-11-8-6-5-7-9-11/h5-10H,1-4H3. The SMILES string of the molecule is CC(C)C(C)(C)Oc1ccccc1. The smallest absolute Gasteiger partial charge is 0.120 e. The number of ether oxygens (including phenoxy) is 1. The number of rotatable bonds is 3. The van der Waals surface area contributed by atoms with Crippen LogP contribution in [0.1, 0.15) is 27.7 Å². The molecule has 13 heavy (non-hydrogen) atoms. The van der Waals surface area contributed by atoms with Crippen LogP contribution in [0.25, 0.3) is 0 Å². The Hall–Kier alpha value is -0.980. The Morgan fingerprint density at radius 2 is 1.62 bits per heavy atom. The van der Waals surface area contributed by atoms with Crippen molar-refractivity contribution >= 4 is 0 Å². The van der Waals surface area contributed by atoms with E-state index in [-0.39, 0.29) is 5.60 Å². The third-order valence-corrected chi connectivity index (χ3v) is 2.51. The van der Waals surface area contributed by atoms with Crippen molar-refractivity contribution < 1.29 is 4.74 Å². The van der Waals surface area contributed by atoms with Crippen molar-refractivity contribution in [2.24, 2.45) is 5.92 Å². The van der Waals surface area contributed by atoms with Crippen LogP contribution in [-0.2, 0) is 0 Å². The molecule has 0 N–H and O–H groups in total. The Labute approximate surface area is 80.7 Å². The van der Waals surface area contributed by atoms with Gasteiger partial charge in [0.05, 0.1) is 0 Å². The van der Waals surface area contributed by atoms with Gasteiger partial charge in [-0.1, -0.05) is 32.0 Å². The predicted molar refractivity (Wildman–Crippen MR) is 56.0 cm³/mol. The molecule has 0 amide bonds. The largest absolute Gasteiger partial charge is 0.488 e. The zero-order chi connectivity index (χ0) is 9.90. The molecule has 0 saturated heterocycles. The molecular weight excluding hydrogens is 160 g/mol. The predicted octanol–water partition coefficient (Wildman–Crippen LogP) is 3.50. The van der Waals surface area contributed by atoms with Gasteiger partial charge in [-0.25, -0.2) is 0 Å². The average Bonchev–Trinajstić information content (AvgIpc) is 2.05. The molecule has 0 unspecified atom stereocenters. The molecule has 0 aliphatic rings. The highest BCUT2D eigenvalue weighted by atomic mass is 16.5. The second kappa shape index (κ2) is 3.82. The van der Waals surface area contributed by atoms with Crippen LogP contribution in [0.2, 0.25) is 0 Å². The molecule has 0 bridgehead atoms. The van der Waals surface area contributed by atoms with Gasteiger partial charge in [0.1, 0.15) is 11.4 Å². The molecule has 1 aromatic rings. The van der Waals surface area contributed by atoms with Crippen LogP contribution < -0.4 is 4.74 Å². The van der Waals surface area contributed by atoms with E-state index in [2.05, 4.69) is 27.7 Å². The Morgan fingerprint density at radius 3 is 2.08 bits per heavy atom. The lowest BCUT2D eigenvalue weighted by atomic mass is 9.94. The Balaban J connectivity index is 2.69. The zero-order valence-corrected chi connectivity index (χ0v) is 8.87. The molecule has 72 valence electrons. The highest BCUT2D eigenvalue weighted by Gasteiger charge is 2.23. The number of benzene rings is 1. The topological polar surface area (TPSA) is 9.23 Å². The van der Waals surface area contributed by atoms with Crippen LogP contribution in [0.4, 0.5) is 0 Å². The Bertz CT molecular complexity index is 249. The van der Waals surface area contributed by atoms with E-state index in [4.69, 9.17) is 4.74 Å². The second-order valence-electron chi connectivity index (χ2n) is 4.17. The summed E-state index contributed by atoms with van der Waals surface area (Å²) in [6.07, 6.45) is 0. The van der Waals surface area contributed by atoms with Gasteiger partial charge in [0.2, 0.25) is 0 Å². The summed E-state index contributed by atoms with van der Waals surface area (Å²) in [7, 11) is 0. The molecule has 0 radical (unpaired) electrons. The normalized spacial score (nSPS) is 11.8. The van der Waals surface area contributed by atoms with Gasteiger partial charge in [-0.05, 0) is 31.9 Å². The van der Waals surface area contributed by atoms with E-state index in [0.29, 0.717) is 5.92 Å². The van der Waals surface area contributed by atoms with E-state index in [1.165, 1.54) is 0 Å². The molecule has 0 spiro atoms. The third-order valence-electron chi connectivity index (χ3n) is 2.51. The van der Waals surface area contributed by atoms with Crippen LogP contribution in [0.3, 0.4) is 0 Å². The van der Waals surface area contributed by atoms with E-state index >= 15 is 0 Å². The van der Waals surface area contributed by atoms with Gasteiger partial charge in [0.25, 0.3) is 0 Å². The first-order chi connectivity index (χ1) is 6.02. The van der Waals surface area contributed by atoms with Gasteiger partial charge in [-0.2, -0.15) is 0 Å². The van der Waals surface area contributed by atoms with Crippen LogP contribution in [-0.4, -0.2) is 5.60 Å². The maximum absolute atomic E-state index is 5.86. The van der Waals surface area contributed by atoms with Crippen LogP contribution in [0, 0.1) is 5.92 Å². The maximum atomic E-state index is 5.86. The fraction of sp³-hybridized carbons (Fsp3) is 0.500. The zero-order valence-electron chi connectivity index (χ0n) is 8.87. The van der Waals surface area contributed by atoms with Crippen molar-refractivity contribution in [2.45, 2.75) is 33.3 Å². The Morgan fingerprint density at radius 1 is 1.08 bits per heavy atom. The van der Waals surface area contributed by atoms with Crippen LogP contribution >= 0.6 is 0 Å². The van der Waals surface area contributed by atoms with Crippen molar-refractivity contribution in [1.82, 2.24) is 0 Å². The lowest BCUT2D eigenvalue weighted by molar-refractivity contribution is 0.0600. The minimum absolute atomic E-state index is 0.0959. The minimum atomic E-state index is -0.0959. The molecular formula is C12H18O. The number of para-hydroxylation sites is 1. The highest BCUT2D eigenvalue weighted by Crippen LogP contribution is 2.23. The summed E-state index contributed by atoms with van der Waals surface area (Å²) in [6, 6.07) is 9.96. The molecule has 1 heteroatoms. The van der Waals surface area contributed by atoms with Crippen molar-refractivity contribution in [1.29, 1.82) is 0 Å². The summed E-state index contributed by atoms with van der Waals surface area (Å²) in [5.74, 6) is 1.45. The summed E-state index contributed by atoms with van der Waals surface area (Å²) in [5.41, 5.74) is -0.0959. The van der Waals surface area contributed by atoms with Gasteiger partial charge < -0.3 is 4.74 Å². The van der Waals surface area contributed by atoms with Crippen LogP contribution in [0.5, 0.6) is 5.75 Å². The van der Waals surface area contributed by atoms with Gasteiger partial charge in [0.15, 0.2) is 0 Å². The molecule has 0 aliphatic carbocycles. The van der Waals surface area contributed by atoms with Gasteiger partial charge >= 0.3 is 0 Å². The second-order valence-corrected chi connectivity index (χ2v) is 4.17. The molecule has 1 nitrogen and oxygen atoms in total. The van der Waals surface area contributed by atoms with E-state index in [1.807, 2.05) is 30.3 Å². The van der Waals surface area contributed by atoms with Crippen molar-refractivity contribution in [3.05, 3.63) is 30.3 Å². The Kier molecular flexibility index (Phi) is 2.97. The lowest BCUT2D eigenvalue weighted by Crippen LogP contribution is -2.34. The average molecular weight is 178 g/mol. The fourth-order valence-electron chi connectivity index (χ4n) is 0.910. The van der Waals surface area contributed by atoms with Crippen molar-refractivity contribution in [2.75, 3.05) is 0 Å². The fourth-order valence-corrected chi connectivity index (χ4v) is 0.910. The number of hydrogen-bond acceptors (Lipinski definition) is 1. The summed E-state index contributed by atoms with van der Waals surface area (Å²) in [5, 5.41) is 0. The first kappa shape index (κ1) is 10.1. The highest BCUT2D eigenvalue weighted by molar-refractivity contribution is 5.21. The first-order valence-corrected chi connectivity index (χ1v) is 4.76. The van der Waals surface area contributed by atoms with Gasteiger partial charge in [-0.15, -0.1) is 0 Å². The quantitative estimate of drug-likeness (QED) is 0.688. The molecule has 1 rings (SSSR count). The molecule has 1 aromatic carbocycles. The van der Waals surface area contributed by atoms with Gasteiger partial charge in [0, 0.05) is 0 Å². The molecule has 0 fully saturated rings. The van der Waals surface area contributed by atoms with Crippen LogP contribution in [0.15, 0.2) is 30.3 Å².